The maximum atomic E-state index is 14.0. The number of benzene rings is 2. The lowest BCUT2D eigenvalue weighted by Crippen LogP contribution is -2.52. The van der Waals surface area contributed by atoms with Crippen LogP contribution in [0.15, 0.2) is 48.5 Å². The van der Waals surface area contributed by atoms with Gasteiger partial charge in [-0.15, -0.1) is 11.8 Å². The molecule has 33 heavy (non-hydrogen) atoms. The largest absolute Gasteiger partial charge is 0.352 e. The monoisotopic (exact) mass is 470 g/mol. The van der Waals surface area contributed by atoms with Gasteiger partial charge in [-0.25, -0.2) is 4.39 Å². The molecule has 1 unspecified atom stereocenters. The lowest BCUT2D eigenvalue weighted by Gasteiger charge is -2.33. The molecule has 0 radical (unpaired) electrons. The number of nitrogens with zero attached hydrogens (tertiary/aromatic N) is 1. The van der Waals surface area contributed by atoms with E-state index in [1.165, 1.54) is 24.2 Å². The summed E-state index contributed by atoms with van der Waals surface area (Å²) in [5, 5.41) is 3.21. The van der Waals surface area contributed by atoms with Gasteiger partial charge in [0.2, 0.25) is 11.8 Å². The average Bonchev–Trinajstić information content (AvgIpc) is 2.82. The highest BCUT2D eigenvalue weighted by molar-refractivity contribution is 7.99. The molecule has 178 valence electrons. The van der Waals surface area contributed by atoms with Gasteiger partial charge in [-0.05, 0) is 48.9 Å². The van der Waals surface area contributed by atoms with Crippen LogP contribution in [0.1, 0.15) is 62.1 Å². The number of hydrogen-bond acceptors (Lipinski definition) is 3. The molecule has 4 nitrogen and oxygen atoms in total. The average molecular weight is 471 g/mol. The van der Waals surface area contributed by atoms with Gasteiger partial charge in [0.25, 0.3) is 0 Å². The predicted octanol–water partition coefficient (Wildman–Crippen LogP) is 5.62. The molecule has 2 aromatic rings. The van der Waals surface area contributed by atoms with Crippen LogP contribution in [0.25, 0.3) is 0 Å². The molecule has 2 aromatic carbocycles. The number of nitrogens with one attached hydrogen (secondary N) is 1. The van der Waals surface area contributed by atoms with Gasteiger partial charge in [-0.1, -0.05) is 68.7 Å². The van der Waals surface area contributed by atoms with Crippen molar-refractivity contribution < 1.29 is 14.0 Å². The molecule has 2 amide bonds. The summed E-state index contributed by atoms with van der Waals surface area (Å²) in [6.07, 6.45) is 6.06. The molecule has 1 saturated carbocycles. The minimum absolute atomic E-state index is 0.0644. The van der Waals surface area contributed by atoms with Gasteiger partial charge in [0.1, 0.15) is 11.9 Å². The fourth-order valence-electron chi connectivity index (χ4n) is 4.38. The van der Waals surface area contributed by atoms with Crippen LogP contribution in [0.3, 0.4) is 0 Å². The minimum atomic E-state index is -0.520. The highest BCUT2D eigenvalue weighted by Gasteiger charge is 2.30. The summed E-state index contributed by atoms with van der Waals surface area (Å²) in [6.45, 7) is 4.37. The zero-order chi connectivity index (χ0) is 23.6. The Morgan fingerprint density at radius 1 is 1.06 bits per heavy atom. The van der Waals surface area contributed by atoms with Gasteiger partial charge in [0, 0.05) is 18.3 Å². The first-order valence-corrected chi connectivity index (χ1v) is 13.1. The highest BCUT2D eigenvalue weighted by Crippen LogP contribution is 2.21. The van der Waals surface area contributed by atoms with Crippen LogP contribution >= 0.6 is 11.8 Å². The number of aryl methyl sites for hydroxylation is 1. The Labute approximate surface area is 201 Å². The Morgan fingerprint density at radius 2 is 1.73 bits per heavy atom. The first kappa shape index (κ1) is 25.3. The summed E-state index contributed by atoms with van der Waals surface area (Å²) in [4.78, 5) is 28.3. The van der Waals surface area contributed by atoms with Crippen LogP contribution in [0.4, 0.5) is 4.39 Å². The highest BCUT2D eigenvalue weighted by atomic mass is 32.2. The van der Waals surface area contributed by atoms with Gasteiger partial charge >= 0.3 is 0 Å². The molecule has 1 N–H and O–H groups in total. The van der Waals surface area contributed by atoms with Crippen molar-refractivity contribution in [1.82, 2.24) is 10.2 Å². The third-order valence-corrected chi connectivity index (χ3v) is 7.35. The summed E-state index contributed by atoms with van der Waals surface area (Å²) in [7, 11) is 0. The Balaban J connectivity index is 1.72. The Kier molecular flexibility index (Phi) is 9.79. The van der Waals surface area contributed by atoms with E-state index in [0.29, 0.717) is 24.3 Å². The Morgan fingerprint density at radius 3 is 2.39 bits per heavy atom. The summed E-state index contributed by atoms with van der Waals surface area (Å²) in [5.74, 6) is 0.206. The molecule has 1 aliphatic carbocycles. The first-order valence-electron chi connectivity index (χ1n) is 11.9. The number of hydrogen-bond donors (Lipinski definition) is 1. The standard InChI is InChI=1S/C27H35FN2O2S/c1-3-25(27(32)29-23-14-5-4-6-15-23)30(17-21-12-8-7-11-20(21)2)26(31)19-33-18-22-13-9-10-16-24(22)28/h7-13,16,23,25H,3-6,14-15,17-19H2,1-2H3,(H,29,32). The fourth-order valence-corrected chi connectivity index (χ4v) is 5.28. The van der Waals surface area contributed by atoms with Gasteiger partial charge in [-0.3, -0.25) is 9.59 Å². The fraction of sp³-hybridized carbons (Fsp3) is 0.481. The summed E-state index contributed by atoms with van der Waals surface area (Å²) < 4.78 is 14.0. The Hall–Kier alpha value is -2.34. The third kappa shape index (κ3) is 7.32. The molecule has 3 rings (SSSR count). The molecule has 0 heterocycles. The molecule has 6 heteroatoms. The lowest BCUT2D eigenvalue weighted by molar-refractivity contribution is -0.139. The first-order chi connectivity index (χ1) is 16.0. The van der Waals surface area contributed by atoms with Crippen molar-refractivity contribution in [2.45, 2.75) is 76.8 Å². The second-order valence-electron chi connectivity index (χ2n) is 8.80. The number of rotatable bonds is 10. The van der Waals surface area contributed by atoms with E-state index >= 15 is 0 Å². The van der Waals surface area contributed by atoms with Gasteiger partial charge in [0.15, 0.2) is 0 Å². The van der Waals surface area contributed by atoms with E-state index in [4.69, 9.17) is 0 Å². The molecule has 1 atom stereocenters. The molecule has 0 bridgehead atoms. The molecule has 0 saturated heterocycles. The van der Waals surface area contributed by atoms with Crippen molar-refractivity contribution >= 4 is 23.6 Å². The number of thioether (sulfide) groups is 1. The molecule has 1 fully saturated rings. The normalized spacial score (nSPS) is 15.1. The quantitative estimate of drug-likeness (QED) is 0.490. The van der Waals surface area contributed by atoms with E-state index in [1.807, 2.05) is 38.1 Å². The number of amides is 2. The minimum Gasteiger partial charge on any atom is -0.352 e. The maximum Gasteiger partial charge on any atom is 0.243 e. The van der Waals surface area contributed by atoms with Gasteiger partial charge < -0.3 is 10.2 Å². The number of halogens is 1. The second-order valence-corrected chi connectivity index (χ2v) is 9.79. The predicted molar refractivity (Wildman–Crippen MR) is 133 cm³/mol. The van der Waals surface area contributed by atoms with E-state index < -0.39 is 6.04 Å². The van der Waals surface area contributed by atoms with E-state index in [2.05, 4.69) is 5.32 Å². The van der Waals surface area contributed by atoms with Gasteiger partial charge in [-0.2, -0.15) is 0 Å². The van der Waals surface area contributed by atoms with Crippen molar-refractivity contribution in [2.75, 3.05) is 5.75 Å². The van der Waals surface area contributed by atoms with Crippen molar-refractivity contribution in [3.8, 4) is 0 Å². The SMILES string of the molecule is CCC(C(=O)NC1CCCCC1)N(Cc1ccccc1C)C(=O)CSCc1ccccc1F. The molecule has 0 aliphatic heterocycles. The van der Waals surface area contributed by atoms with Crippen LogP contribution < -0.4 is 5.32 Å². The van der Waals surface area contributed by atoms with Crippen molar-refractivity contribution in [3.05, 3.63) is 71.0 Å². The molecule has 0 aromatic heterocycles. The summed E-state index contributed by atoms with van der Waals surface area (Å²) in [6, 6.07) is 14.3. The molecule has 1 aliphatic rings. The number of carbonyl (C=O) groups is 2. The van der Waals surface area contributed by atoms with E-state index in [9.17, 15) is 14.0 Å². The lowest BCUT2D eigenvalue weighted by atomic mass is 9.95. The summed E-state index contributed by atoms with van der Waals surface area (Å²) >= 11 is 1.38. The third-order valence-electron chi connectivity index (χ3n) is 6.38. The summed E-state index contributed by atoms with van der Waals surface area (Å²) in [5.41, 5.74) is 2.72. The zero-order valence-electron chi connectivity index (χ0n) is 19.7. The van der Waals surface area contributed by atoms with E-state index in [-0.39, 0.29) is 29.4 Å². The van der Waals surface area contributed by atoms with Crippen LogP contribution in [-0.4, -0.2) is 34.6 Å². The zero-order valence-corrected chi connectivity index (χ0v) is 20.5. The topological polar surface area (TPSA) is 49.4 Å². The maximum absolute atomic E-state index is 14.0. The van der Waals surface area contributed by atoms with Crippen LogP contribution in [0.5, 0.6) is 0 Å². The Bertz CT molecular complexity index is 930. The molecular weight excluding hydrogens is 435 g/mol. The van der Waals surface area contributed by atoms with Crippen molar-refractivity contribution in [1.29, 1.82) is 0 Å². The van der Waals surface area contributed by atoms with Crippen LogP contribution in [0.2, 0.25) is 0 Å². The molecular formula is C27H35FN2O2S. The van der Waals surface area contributed by atoms with E-state index in [0.717, 1.165) is 36.8 Å². The van der Waals surface area contributed by atoms with Crippen LogP contribution in [-0.2, 0) is 21.9 Å². The van der Waals surface area contributed by atoms with Crippen molar-refractivity contribution in [3.63, 3.8) is 0 Å². The smallest absolute Gasteiger partial charge is 0.243 e. The second kappa shape index (κ2) is 12.8. The molecule has 0 spiro atoms. The van der Waals surface area contributed by atoms with E-state index in [1.54, 1.807) is 23.1 Å². The van der Waals surface area contributed by atoms with Gasteiger partial charge in [0.05, 0.1) is 5.75 Å². The van der Waals surface area contributed by atoms with Crippen LogP contribution in [0, 0.1) is 12.7 Å². The number of carbonyl (C=O) groups excluding carboxylic acids is 2. The van der Waals surface area contributed by atoms with Crippen molar-refractivity contribution in [2.24, 2.45) is 0 Å².